The molecule has 4 aromatic rings. The van der Waals surface area contributed by atoms with E-state index < -0.39 is 34.1 Å². The lowest BCUT2D eigenvalue weighted by Gasteiger charge is -2.35. The molecule has 1 N–H and O–H groups in total. The minimum absolute atomic E-state index is 0.00945. The van der Waals surface area contributed by atoms with Crippen LogP contribution in [0.1, 0.15) is 37.5 Å². The minimum Gasteiger partial charge on any atom is -0.350 e. The molecular weight excluding hydrogens is 674 g/mol. The highest BCUT2D eigenvalue weighted by Crippen LogP contribution is 2.28. The zero-order valence-electron chi connectivity index (χ0n) is 25.7. The molecule has 4 rings (SSSR count). The van der Waals surface area contributed by atoms with Crippen molar-refractivity contribution in [3.63, 3.8) is 0 Å². The van der Waals surface area contributed by atoms with E-state index in [0.29, 0.717) is 20.7 Å². The van der Waals surface area contributed by atoms with Gasteiger partial charge in [-0.15, -0.1) is 0 Å². The maximum Gasteiger partial charge on any atom is 0.264 e. The number of benzene rings is 4. The highest BCUT2D eigenvalue weighted by Gasteiger charge is 2.36. The predicted molar refractivity (Wildman–Crippen MR) is 184 cm³/mol. The second kappa shape index (κ2) is 14.6. The van der Waals surface area contributed by atoms with Crippen LogP contribution in [0.5, 0.6) is 0 Å². The van der Waals surface area contributed by atoms with Crippen molar-refractivity contribution in [3.8, 4) is 0 Å². The van der Waals surface area contributed by atoms with E-state index in [1.54, 1.807) is 60.7 Å². The Morgan fingerprint density at radius 1 is 0.889 bits per heavy atom. The van der Waals surface area contributed by atoms with E-state index in [9.17, 15) is 18.0 Å². The molecule has 0 aliphatic rings. The van der Waals surface area contributed by atoms with E-state index in [2.05, 4.69) is 21.2 Å². The maximum absolute atomic E-state index is 14.5. The summed E-state index contributed by atoms with van der Waals surface area (Å²) in [7, 11) is -4.19. The Morgan fingerprint density at radius 2 is 1.53 bits per heavy atom. The molecule has 236 valence electrons. The van der Waals surface area contributed by atoms with Crippen LogP contribution in [-0.2, 0) is 32.6 Å². The van der Waals surface area contributed by atoms with Crippen LogP contribution in [0.25, 0.3) is 0 Å². The zero-order chi connectivity index (χ0) is 32.8. The topological polar surface area (TPSA) is 86.8 Å². The van der Waals surface area contributed by atoms with Crippen molar-refractivity contribution in [1.82, 2.24) is 10.2 Å². The molecule has 7 nitrogen and oxygen atoms in total. The Bertz CT molecular complexity index is 1740. The molecule has 0 aliphatic heterocycles. The third-order valence-electron chi connectivity index (χ3n) is 7.05. The molecule has 1 atom stereocenters. The van der Waals surface area contributed by atoms with Gasteiger partial charge in [-0.25, -0.2) is 8.42 Å². The molecule has 0 fully saturated rings. The lowest BCUT2D eigenvalue weighted by atomic mass is 10.0. The highest BCUT2D eigenvalue weighted by molar-refractivity contribution is 9.10. The number of nitrogens with one attached hydrogen (secondary N) is 1. The van der Waals surface area contributed by atoms with Crippen LogP contribution in [0.15, 0.2) is 112 Å². The largest absolute Gasteiger partial charge is 0.350 e. The molecule has 45 heavy (non-hydrogen) atoms. The van der Waals surface area contributed by atoms with Crippen molar-refractivity contribution in [2.45, 2.75) is 57.1 Å². The van der Waals surface area contributed by atoms with Gasteiger partial charge in [-0.3, -0.25) is 13.9 Å². The number of rotatable bonds is 11. The third-order valence-corrected chi connectivity index (χ3v) is 9.70. The van der Waals surface area contributed by atoms with E-state index in [1.807, 2.05) is 58.0 Å². The summed E-state index contributed by atoms with van der Waals surface area (Å²) in [6.45, 7) is 6.92. The Morgan fingerprint density at radius 3 is 2.16 bits per heavy atom. The smallest absolute Gasteiger partial charge is 0.264 e. The van der Waals surface area contributed by atoms with Crippen molar-refractivity contribution in [3.05, 3.63) is 129 Å². The first kappa shape index (κ1) is 34.2. The van der Waals surface area contributed by atoms with Crippen molar-refractivity contribution >= 4 is 55.1 Å². The summed E-state index contributed by atoms with van der Waals surface area (Å²) in [5.74, 6) is -0.919. The molecule has 0 saturated heterocycles. The first-order chi connectivity index (χ1) is 21.2. The number of hydrogen-bond acceptors (Lipinski definition) is 4. The summed E-state index contributed by atoms with van der Waals surface area (Å²) in [4.78, 5) is 30.0. The van der Waals surface area contributed by atoms with Crippen LogP contribution in [0.4, 0.5) is 5.69 Å². The van der Waals surface area contributed by atoms with Gasteiger partial charge in [-0.05, 0) is 75.2 Å². The highest BCUT2D eigenvalue weighted by atomic mass is 79.9. The summed E-state index contributed by atoms with van der Waals surface area (Å²) >= 11 is 9.99. The second-order valence-electron chi connectivity index (χ2n) is 11.9. The first-order valence-corrected chi connectivity index (χ1v) is 17.1. The van der Waals surface area contributed by atoms with Crippen molar-refractivity contribution in [2.75, 3.05) is 10.8 Å². The fourth-order valence-electron chi connectivity index (χ4n) is 4.81. The number of sulfonamides is 1. The fraction of sp³-hybridized carbons (Fsp3) is 0.257. The Labute approximate surface area is 279 Å². The Hall–Kier alpha value is -3.66. The molecule has 0 aliphatic carbocycles. The van der Waals surface area contributed by atoms with Crippen LogP contribution in [-0.4, -0.2) is 43.3 Å². The number of nitrogens with zero attached hydrogens (tertiary/aromatic N) is 2. The summed E-state index contributed by atoms with van der Waals surface area (Å²) in [6, 6.07) is 28.8. The van der Waals surface area contributed by atoms with Crippen LogP contribution in [0.2, 0.25) is 5.02 Å². The van der Waals surface area contributed by atoms with E-state index >= 15 is 0 Å². The van der Waals surface area contributed by atoms with Gasteiger partial charge in [0.15, 0.2) is 0 Å². The summed E-state index contributed by atoms with van der Waals surface area (Å²) in [6.07, 6.45) is 0.209. The van der Waals surface area contributed by atoms with E-state index in [1.165, 1.54) is 17.0 Å². The van der Waals surface area contributed by atoms with Gasteiger partial charge >= 0.3 is 0 Å². The van der Waals surface area contributed by atoms with Crippen LogP contribution >= 0.6 is 27.5 Å². The van der Waals surface area contributed by atoms with E-state index in [4.69, 9.17) is 11.6 Å². The molecule has 0 unspecified atom stereocenters. The fourth-order valence-corrected chi connectivity index (χ4v) is 6.80. The van der Waals surface area contributed by atoms with E-state index in [0.717, 1.165) is 15.4 Å². The molecule has 0 saturated carbocycles. The summed E-state index contributed by atoms with van der Waals surface area (Å²) in [5.41, 5.74) is 2.10. The molecule has 0 aromatic heterocycles. The average molecular weight is 711 g/mol. The standard InChI is InChI=1S/C35H37BrClN3O4S/c1-25-17-19-30(20-18-25)45(43,44)40(29-15-10-14-28(36)22-29)24-33(41)39(23-27-13-8-9-16-31(27)37)32(34(42)38-35(2,3)4)21-26-11-6-5-7-12-26/h5-20,22,32H,21,23-24H2,1-4H3,(H,38,42)/t32-/m0/s1. The summed E-state index contributed by atoms with van der Waals surface area (Å²) in [5, 5.41) is 3.46. The third kappa shape index (κ3) is 9.19. The number of amides is 2. The molecule has 0 spiro atoms. The molecule has 0 heterocycles. The zero-order valence-corrected chi connectivity index (χ0v) is 28.9. The first-order valence-electron chi connectivity index (χ1n) is 14.5. The number of hydrogen-bond donors (Lipinski definition) is 1. The number of anilines is 1. The van der Waals surface area contributed by atoms with Gasteiger partial charge in [0.1, 0.15) is 12.6 Å². The van der Waals surface area contributed by atoms with Gasteiger partial charge in [-0.1, -0.05) is 99.8 Å². The Balaban J connectivity index is 1.83. The quantitative estimate of drug-likeness (QED) is 0.179. The van der Waals surface area contributed by atoms with Crippen LogP contribution in [0, 0.1) is 6.92 Å². The van der Waals surface area contributed by atoms with Crippen molar-refractivity contribution in [1.29, 1.82) is 0 Å². The minimum atomic E-state index is -4.19. The number of carbonyl (C=O) groups is 2. The molecule has 0 bridgehead atoms. The molecule has 10 heteroatoms. The lowest BCUT2D eigenvalue weighted by molar-refractivity contribution is -0.140. The summed E-state index contributed by atoms with van der Waals surface area (Å²) < 4.78 is 30.0. The number of carbonyl (C=O) groups excluding carboxylic acids is 2. The predicted octanol–water partition coefficient (Wildman–Crippen LogP) is 7.16. The van der Waals surface area contributed by atoms with Gasteiger partial charge in [0.2, 0.25) is 11.8 Å². The molecule has 0 radical (unpaired) electrons. The molecule has 2 amide bonds. The van der Waals surface area contributed by atoms with Crippen LogP contribution < -0.4 is 9.62 Å². The van der Waals surface area contributed by atoms with Crippen molar-refractivity contribution in [2.24, 2.45) is 0 Å². The Kier molecular flexibility index (Phi) is 11.1. The SMILES string of the molecule is Cc1ccc(S(=O)(=O)N(CC(=O)N(Cc2ccccc2Cl)[C@@H](Cc2ccccc2)C(=O)NC(C)(C)C)c2cccc(Br)c2)cc1. The normalized spacial score (nSPS) is 12.3. The van der Waals surface area contributed by atoms with Gasteiger partial charge in [-0.2, -0.15) is 0 Å². The van der Waals surface area contributed by atoms with Gasteiger partial charge in [0.25, 0.3) is 10.0 Å². The maximum atomic E-state index is 14.5. The van der Waals surface area contributed by atoms with Gasteiger partial charge in [0, 0.05) is 28.0 Å². The van der Waals surface area contributed by atoms with E-state index in [-0.39, 0.29) is 23.8 Å². The van der Waals surface area contributed by atoms with Gasteiger partial charge in [0.05, 0.1) is 10.6 Å². The second-order valence-corrected chi connectivity index (χ2v) is 15.0. The lowest BCUT2D eigenvalue weighted by Crippen LogP contribution is -2.56. The van der Waals surface area contributed by atoms with Crippen molar-refractivity contribution < 1.29 is 18.0 Å². The number of aryl methyl sites for hydroxylation is 1. The van der Waals surface area contributed by atoms with Gasteiger partial charge < -0.3 is 10.2 Å². The number of halogens is 2. The molecular formula is C35H37BrClN3O4S. The monoisotopic (exact) mass is 709 g/mol. The molecule has 4 aromatic carbocycles. The average Bonchev–Trinajstić information content (AvgIpc) is 2.98. The van der Waals surface area contributed by atoms with Crippen LogP contribution in [0.3, 0.4) is 0 Å².